The highest BCUT2D eigenvalue weighted by molar-refractivity contribution is 7.99. The fraction of sp³-hybridized carbons (Fsp3) is 0.714. The highest BCUT2D eigenvalue weighted by atomic mass is 32.2. The van der Waals surface area contributed by atoms with Crippen LogP contribution in [0.5, 0.6) is 0 Å². The minimum Gasteiger partial charge on any atom is -0.388 e. The van der Waals surface area contributed by atoms with Gasteiger partial charge in [-0.3, -0.25) is 0 Å². The number of aryl methyl sites for hydroxylation is 1. The van der Waals surface area contributed by atoms with Crippen LogP contribution in [0.25, 0.3) is 0 Å². The molecule has 0 bridgehead atoms. The van der Waals surface area contributed by atoms with E-state index in [-0.39, 0.29) is 6.10 Å². The van der Waals surface area contributed by atoms with Crippen LogP contribution in [0, 0.1) is 6.92 Å². The van der Waals surface area contributed by atoms with Crippen LogP contribution < -0.4 is 0 Å². The Kier molecular flexibility index (Phi) is 3.22. The van der Waals surface area contributed by atoms with E-state index in [0.717, 1.165) is 19.3 Å². The van der Waals surface area contributed by atoms with Crippen LogP contribution in [0.4, 0.5) is 0 Å². The van der Waals surface area contributed by atoms with Crippen LogP contribution in [0.3, 0.4) is 0 Å². The summed E-state index contributed by atoms with van der Waals surface area (Å²) in [6, 6.07) is 2.91. The number of aliphatic hydroxyl groups excluding tert-OH is 1. The zero-order chi connectivity index (χ0) is 11.8. The van der Waals surface area contributed by atoms with Gasteiger partial charge in [-0.2, -0.15) is 11.8 Å². The maximum absolute atomic E-state index is 10.1. The molecule has 0 amide bonds. The largest absolute Gasteiger partial charge is 0.388 e. The second kappa shape index (κ2) is 4.69. The number of fused-ring (bicyclic) bond motifs is 1. The van der Waals surface area contributed by atoms with Gasteiger partial charge in [0.05, 0.1) is 6.10 Å². The second-order valence-corrected chi connectivity index (χ2v) is 6.53. The number of aromatic nitrogens is 1. The predicted octanol–water partition coefficient (Wildman–Crippen LogP) is 3.23. The fourth-order valence-corrected chi connectivity index (χ4v) is 4.43. The van der Waals surface area contributed by atoms with E-state index in [1.807, 2.05) is 0 Å². The summed E-state index contributed by atoms with van der Waals surface area (Å²) in [4.78, 5) is 0. The molecule has 2 nitrogen and oxygen atoms in total. The van der Waals surface area contributed by atoms with Gasteiger partial charge in [-0.1, -0.05) is 0 Å². The molecule has 1 saturated heterocycles. The van der Waals surface area contributed by atoms with Crippen LogP contribution in [0.2, 0.25) is 0 Å². The number of nitrogens with zero attached hydrogens (tertiary/aromatic N) is 1. The first-order valence-corrected chi connectivity index (χ1v) is 7.89. The number of hydrogen-bond acceptors (Lipinski definition) is 2. The Morgan fingerprint density at radius 2 is 2.06 bits per heavy atom. The summed E-state index contributed by atoms with van der Waals surface area (Å²) in [5.74, 6) is 2.58. The highest BCUT2D eigenvalue weighted by Gasteiger charge is 2.26. The molecule has 17 heavy (non-hydrogen) atoms. The van der Waals surface area contributed by atoms with Crippen molar-refractivity contribution in [1.82, 2.24) is 4.57 Å². The third kappa shape index (κ3) is 2.04. The maximum Gasteiger partial charge on any atom is 0.0807 e. The van der Waals surface area contributed by atoms with E-state index < -0.39 is 0 Å². The van der Waals surface area contributed by atoms with Crippen molar-refractivity contribution in [3.05, 3.63) is 23.0 Å². The van der Waals surface area contributed by atoms with Crippen LogP contribution in [-0.4, -0.2) is 21.2 Å². The molecular formula is C14H21NOS. The Bertz CT molecular complexity index is 407. The number of aliphatic hydroxyl groups is 1. The molecule has 0 aromatic carbocycles. The lowest BCUT2D eigenvalue weighted by Crippen LogP contribution is -2.20. The fourth-order valence-electron chi connectivity index (χ4n) is 3.35. The molecule has 3 heteroatoms. The van der Waals surface area contributed by atoms with E-state index in [1.165, 1.54) is 41.3 Å². The lowest BCUT2D eigenvalue weighted by Gasteiger charge is -2.29. The minimum absolute atomic E-state index is 0.211. The van der Waals surface area contributed by atoms with Gasteiger partial charge in [0.2, 0.25) is 0 Å². The Morgan fingerprint density at radius 3 is 2.82 bits per heavy atom. The summed E-state index contributed by atoms with van der Waals surface area (Å²) in [7, 11) is 0. The Labute approximate surface area is 107 Å². The minimum atomic E-state index is -0.211. The normalized spacial score (nSPS) is 25.9. The molecule has 1 aromatic heterocycles. The smallest absolute Gasteiger partial charge is 0.0807 e. The first kappa shape index (κ1) is 11.7. The lowest BCUT2D eigenvalue weighted by molar-refractivity contribution is 0.155. The van der Waals surface area contributed by atoms with Crippen molar-refractivity contribution in [2.45, 2.75) is 51.2 Å². The SMILES string of the molecule is Cc1cc2c(n1C1CCSCC1)CCCC2O. The van der Waals surface area contributed by atoms with E-state index in [0.29, 0.717) is 6.04 Å². The lowest BCUT2D eigenvalue weighted by atomic mass is 9.95. The van der Waals surface area contributed by atoms with Gasteiger partial charge in [-0.15, -0.1) is 0 Å². The number of rotatable bonds is 1. The summed E-state index contributed by atoms with van der Waals surface area (Å²) < 4.78 is 2.54. The molecule has 1 aliphatic heterocycles. The van der Waals surface area contributed by atoms with E-state index in [1.54, 1.807) is 0 Å². The zero-order valence-electron chi connectivity index (χ0n) is 10.5. The summed E-state index contributed by atoms with van der Waals surface area (Å²) >= 11 is 2.08. The van der Waals surface area contributed by atoms with Gasteiger partial charge in [-0.05, 0) is 56.6 Å². The summed E-state index contributed by atoms with van der Waals surface area (Å²) in [5, 5.41) is 10.1. The number of thioether (sulfide) groups is 1. The van der Waals surface area contributed by atoms with Gasteiger partial charge < -0.3 is 9.67 Å². The molecule has 0 spiro atoms. The molecule has 3 rings (SSSR count). The molecule has 1 unspecified atom stereocenters. The van der Waals surface area contributed by atoms with Crippen molar-refractivity contribution in [1.29, 1.82) is 0 Å². The molecule has 0 saturated carbocycles. The molecule has 94 valence electrons. The first-order valence-electron chi connectivity index (χ1n) is 6.74. The standard InChI is InChI=1S/C14H21NOS/c1-10-9-12-13(3-2-4-14(12)16)15(10)11-5-7-17-8-6-11/h9,11,14,16H,2-8H2,1H3. The molecule has 1 atom stereocenters. The molecule has 1 aliphatic carbocycles. The first-order chi connectivity index (χ1) is 8.27. The van der Waals surface area contributed by atoms with Crippen LogP contribution in [0.1, 0.15) is 54.8 Å². The average molecular weight is 251 g/mol. The molecular weight excluding hydrogens is 230 g/mol. The van der Waals surface area contributed by atoms with E-state index >= 15 is 0 Å². The Balaban J connectivity index is 1.98. The summed E-state index contributed by atoms with van der Waals surface area (Å²) in [6.07, 6.45) is 5.61. The van der Waals surface area contributed by atoms with Gasteiger partial charge in [-0.25, -0.2) is 0 Å². The third-order valence-corrected chi connectivity index (χ3v) is 5.22. The van der Waals surface area contributed by atoms with E-state index in [4.69, 9.17) is 0 Å². The molecule has 1 aromatic rings. The van der Waals surface area contributed by atoms with E-state index in [9.17, 15) is 5.11 Å². The quantitative estimate of drug-likeness (QED) is 0.829. The van der Waals surface area contributed by atoms with Crippen LogP contribution in [0.15, 0.2) is 6.07 Å². The Morgan fingerprint density at radius 1 is 1.29 bits per heavy atom. The van der Waals surface area contributed by atoms with Gasteiger partial charge in [0, 0.05) is 23.0 Å². The van der Waals surface area contributed by atoms with Crippen molar-refractivity contribution in [3.8, 4) is 0 Å². The van der Waals surface area contributed by atoms with Gasteiger partial charge in [0.25, 0.3) is 0 Å². The van der Waals surface area contributed by atoms with Gasteiger partial charge in [0.15, 0.2) is 0 Å². The summed E-state index contributed by atoms with van der Waals surface area (Å²) in [6.45, 7) is 2.20. The van der Waals surface area contributed by atoms with Crippen molar-refractivity contribution >= 4 is 11.8 Å². The molecule has 2 heterocycles. The topological polar surface area (TPSA) is 25.2 Å². The molecule has 1 N–H and O–H groups in total. The van der Waals surface area contributed by atoms with E-state index in [2.05, 4.69) is 29.3 Å². The average Bonchev–Trinajstić information content (AvgIpc) is 2.68. The number of hydrogen-bond donors (Lipinski definition) is 1. The monoisotopic (exact) mass is 251 g/mol. The van der Waals surface area contributed by atoms with Crippen molar-refractivity contribution in [2.75, 3.05) is 11.5 Å². The maximum atomic E-state index is 10.1. The van der Waals surface area contributed by atoms with Crippen LogP contribution in [-0.2, 0) is 6.42 Å². The van der Waals surface area contributed by atoms with Crippen molar-refractivity contribution in [3.63, 3.8) is 0 Å². The highest BCUT2D eigenvalue weighted by Crippen LogP contribution is 2.37. The molecule has 2 aliphatic rings. The summed E-state index contributed by atoms with van der Waals surface area (Å²) in [5.41, 5.74) is 4.00. The Hall–Kier alpha value is -0.410. The molecule has 1 fully saturated rings. The van der Waals surface area contributed by atoms with Crippen molar-refractivity contribution in [2.24, 2.45) is 0 Å². The second-order valence-electron chi connectivity index (χ2n) is 5.31. The zero-order valence-corrected chi connectivity index (χ0v) is 11.3. The van der Waals surface area contributed by atoms with Crippen LogP contribution >= 0.6 is 11.8 Å². The van der Waals surface area contributed by atoms with Gasteiger partial charge >= 0.3 is 0 Å². The third-order valence-electron chi connectivity index (χ3n) is 4.17. The van der Waals surface area contributed by atoms with Gasteiger partial charge in [0.1, 0.15) is 0 Å². The molecule has 0 radical (unpaired) electrons. The predicted molar refractivity (Wildman–Crippen MR) is 72.7 cm³/mol. The van der Waals surface area contributed by atoms with Crippen molar-refractivity contribution < 1.29 is 5.11 Å².